The Balaban J connectivity index is 1.22. The predicted octanol–water partition coefficient (Wildman–Crippen LogP) is 11.5. The first-order chi connectivity index (χ1) is 24.7. The number of hydrogen-bond acceptors (Lipinski definition) is 2. The lowest BCUT2D eigenvalue weighted by Crippen LogP contribution is -1.98. The first-order valence-electron chi connectivity index (χ1n) is 16.3. The van der Waals surface area contributed by atoms with Gasteiger partial charge in [-0.1, -0.05) is 97.1 Å². The van der Waals surface area contributed by atoms with E-state index in [1.165, 1.54) is 10.8 Å². The molecule has 0 unspecified atom stereocenters. The minimum Gasteiger partial charge on any atom is -0.318 e. The molecule has 5 heteroatoms. The Bertz CT molecular complexity index is 2920. The van der Waals surface area contributed by atoms with Crippen molar-refractivity contribution in [2.24, 2.45) is 0 Å². The molecule has 50 heavy (non-hydrogen) atoms. The van der Waals surface area contributed by atoms with E-state index >= 15 is 0 Å². The SMILES string of the molecule is [C-]#[N+]c1cccc(-c2cccc(-c3ccc(-n4c5ccccc5c5ccccc54)cc3C#N)c2)c1-n1c2ccccc2c2cc(C#N)ccc21. The summed E-state index contributed by atoms with van der Waals surface area (Å²) in [6.45, 7) is 8.17. The number of para-hydroxylation sites is 4. The van der Waals surface area contributed by atoms with E-state index in [2.05, 4.69) is 92.8 Å². The first kappa shape index (κ1) is 28.8. The van der Waals surface area contributed by atoms with Gasteiger partial charge in [0.05, 0.1) is 57.6 Å². The van der Waals surface area contributed by atoms with Gasteiger partial charge in [-0.05, 0) is 76.9 Å². The standard InChI is InChI=1S/C45H25N5/c1-48-40-16-9-15-35(45(40)50-43-19-7-4-14-38(43)39-24-29(27-46)20-23-44(39)50)31-11-8-10-30(25-31)34-22-21-33(26-32(34)28-47)49-41-17-5-2-12-36(41)37-13-3-6-18-42(37)49/h2-26H. The van der Waals surface area contributed by atoms with Crippen LogP contribution in [0.15, 0.2) is 152 Å². The summed E-state index contributed by atoms with van der Waals surface area (Å²) >= 11 is 0. The molecule has 0 fully saturated rings. The molecule has 0 radical (unpaired) electrons. The molecule has 9 rings (SSSR count). The highest BCUT2D eigenvalue weighted by molar-refractivity contribution is 6.11. The van der Waals surface area contributed by atoms with E-state index in [4.69, 9.17) is 6.57 Å². The summed E-state index contributed by atoms with van der Waals surface area (Å²) in [4.78, 5) is 3.98. The molecule has 0 saturated heterocycles. The van der Waals surface area contributed by atoms with Gasteiger partial charge in [0.25, 0.3) is 0 Å². The molecule has 0 aliphatic carbocycles. The topological polar surface area (TPSA) is 61.8 Å². The number of fused-ring (bicyclic) bond motifs is 6. The number of nitrogens with zero attached hydrogens (tertiary/aromatic N) is 5. The van der Waals surface area contributed by atoms with Crippen molar-refractivity contribution in [3.8, 4) is 45.8 Å². The van der Waals surface area contributed by atoms with Crippen LogP contribution in [0.4, 0.5) is 5.69 Å². The zero-order valence-corrected chi connectivity index (χ0v) is 26.7. The Labute approximate surface area is 288 Å². The van der Waals surface area contributed by atoms with Gasteiger partial charge < -0.3 is 9.13 Å². The van der Waals surface area contributed by atoms with Crippen LogP contribution in [0.2, 0.25) is 0 Å². The van der Waals surface area contributed by atoms with Crippen LogP contribution in [0.5, 0.6) is 0 Å². The van der Waals surface area contributed by atoms with Gasteiger partial charge in [-0.3, -0.25) is 0 Å². The molecule has 230 valence electrons. The average Bonchev–Trinajstić information content (AvgIpc) is 3.69. The van der Waals surface area contributed by atoms with Crippen LogP contribution in [0.1, 0.15) is 11.1 Å². The molecule has 0 atom stereocenters. The molecule has 7 aromatic carbocycles. The van der Waals surface area contributed by atoms with Gasteiger partial charge in [-0.2, -0.15) is 10.5 Å². The van der Waals surface area contributed by atoms with Crippen LogP contribution in [0, 0.1) is 29.2 Å². The van der Waals surface area contributed by atoms with Gasteiger partial charge in [0.2, 0.25) is 5.69 Å². The van der Waals surface area contributed by atoms with Crippen molar-refractivity contribution in [1.82, 2.24) is 9.13 Å². The van der Waals surface area contributed by atoms with Gasteiger partial charge in [-0.15, -0.1) is 0 Å². The molecule has 9 aromatic rings. The number of nitriles is 2. The Hall–Kier alpha value is -7.39. The maximum atomic E-state index is 10.5. The summed E-state index contributed by atoms with van der Waals surface area (Å²) in [5, 5.41) is 24.4. The summed E-state index contributed by atoms with van der Waals surface area (Å²) in [6, 6.07) is 55.4. The fourth-order valence-corrected chi connectivity index (χ4v) is 7.44. The van der Waals surface area contributed by atoms with Crippen molar-refractivity contribution in [1.29, 1.82) is 10.5 Å². The molecular formula is C45H25N5. The maximum Gasteiger partial charge on any atom is 0.211 e. The molecule has 2 aromatic heterocycles. The molecule has 5 nitrogen and oxygen atoms in total. The lowest BCUT2D eigenvalue weighted by molar-refractivity contribution is 1.18. The van der Waals surface area contributed by atoms with Crippen LogP contribution < -0.4 is 0 Å². The van der Waals surface area contributed by atoms with Crippen molar-refractivity contribution in [2.75, 3.05) is 0 Å². The van der Waals surface area contributed by atoms with Crippen molar-refractivity contribution >= 4 is 49.3 Å². The van der Waals surface area contributed by atoms with Gasteiger partial charge in [0.1, 0.15) is 0 Å². The second-order valence-corrected chi connectivity index (χ2v) is 12.3. The highest BCUT2D eigenvalue weighted by Gasteiger charge is 2.20. The lowest BCUT2D eigenvalue weighted by Gasteiger charge is -2.17. The molecule has 0 N–H and O–H groups in total. The number of rotatable bonds is 4. The third-order valence-electron chi connectivity index (χ3n) is 9.61. The maximum absolute atomic E-state index is 10.5. The van der Waals surface area contributed by atoms with Gasteiger partial charge >= 0.3 is 0 Å². The van der Waals surface area contributed by atoms with E-state index in [-0.39, 0.29) is 0 Å². The molecular weight excluding hydrogens is 611 g/mol. The molecule has 0 saturated carbocycles. The van der Waals surface area contributed by atoms with E-state index in [1.54, 1.807) is 0 Å². The fraction of sp³-hybridized carbons (Fsp3) is 0. The fourth-order valence-electron chi connectivity index (χ4n) is 7.44. The predicted molar refractivity (Wildman–Crippen MR) is 202 cm³/mol. The molecule has 0 amide bonds. The highest BCUT2D eigenvalue weighted by Crippen LogP contribution is 2.42. The number of benzene rings is 7. The number of hydrogen-bond donors (Lipinski definition) is 0. The zero-order chi connectivity index (χ0) is 33.8. The van der Waals surface area contributed by atoms with E-state index in [0.29, 0.717) is 16.8 Å². The lowest BCUT2D eigenvalue weighted by atomic mass is 9.94. The molecule has 0 spiro atoms. The van der Waals surface area contributed by atoms with Gasteiger partial charge in [0, 0.05) is 27.2 Å². The van der Waals surface area contributed by atoms with E-state index < -0.39 is 0 Å². The Kier molecular flexibility index (Phi) is 6.56. The van der Waals surface area contributed by atoms with Crippen molar-refractivity contribution in [3.63, 3.8) is 0 Å². The molecule has 0 aliphatic rings. The van der Waals surface area contributed by atoms with Gasteiger partial charge in [0.15, 0.2) is 0 Å². The summed E-state index contributed by atoms with van der Waals surface area (Å²) in [5.41, 5.74) is 11.0. The first-order valence-corrected chi connectivity index (χ1v) is 16.3. The van der Waals surface area contributed by atoms with E-state index in [9.17, 15) is 10.5 Å². The Morgan fingerprint density at radius 1 is 0.480 bits per heavy atom. The molecule has 2 heterocycles. The van der Waals surface area contributed by atoms with Crippen LogP contribution >= 0.6 is 0 Å². The quantitative estimate of drug-likeness (QED) is 0.181. The summed E-state index contributed by atoms with van der Waals surface area (Å²) < 4.78 is 4.36. The third-order valence-corrected chi connectivity index (χ3v) is 9.61. The minimum absolute atomic E-state index is 0.521. The van der Waals surface area contributed by atoms with Crippen LogP contribution in [0.25, 0.3) is 82.1 Å². The smallest absolute Gasteiger partial charge is 0.211 e. The second kappa shape index (κ2) is 11.4. The summed E-state index contributed by atoms with van der Waals surface area (Å²) in [5.74, 6) is 0. The monoisotopic (exact) mass is 635 g/mol. The van der Waals surface area contributed by atoms with Crippen molar-refractivity contribution in [2.45, 2.75) is 0 Å². The molecule has 0 bridgehead atoms. The third kappa shape index (κ3) is 4.31. The normalized spacial score (nSPS) is 11.1. The Morgan fingerprint density at radius 2 is 1.08 bits per heavy atom. The largest absolute Gasteiger partial charge is 0.318 e. The highest BCUT2D eigenvalue weighted by atomic mass is 15.0. The van der Waals surface area contributed by atoms with Crippen molar-refractivity contribution < 1.29 is 0 Å². The van der Waals surface area contributed by atoms with Crippen LogP contribution in [-0.2, 0) is 0 Å². The Morgan fingerprint density at radius 3 is 1.74 bits per heavy atom. The zero-order valence-electron chi connectivity index (χ0n) is 26.7. The minimum atomic E-state index is 0.521. The average molecular weight is 636 g/mol. The number of aromatic nitrogens is 2. The van der Waals surface area contributed by atoms with Gasteiger partial charge in [-0.25, -0.2) is 4.85 Å². The second-order valence-electron chi connectivity index (χ2n) is 12.3. The van der Waals surface area contributed by atoms with E-state index in [1.807, 2.05) is 84.9 Å². The molecule has 0 aliphatic heterocycles. The van der Waals surface area contributed by atoms with E-state index in [0.717, 1.165) is 66.5 Å². The van der Waals surface area contributed by atoms with Crippen molar-refractivity contribution in [3.05, 3.63) is 174 Å². The van der Waals surface area contributed by atoms with Crippen LogP contribution in [0.3, 0.4) is 0 Å². The summed E-state index contributed by atoms with van der Waals surface area (Å²) in [6.07, 6.45) is 0. The van der Waals surface area contributed by atoms with Crippen LogP contribution in [-0.4, -0.2) is 9.13 Å². The summed E-state index contributed by atoms with van der Waals surface area (Å²) in [7, 11) is 0.